The van der Waals surface area contributed by atoms with Crippen LogP contribution in [0.4, 0.5) is 0 Å². The molecule has 8 nitrogen and oxygen atoms in total. The van der Waals surface area contributed by atoms with Crippen molar-refractivity contribution < 1.29 is 24.9 Å². The first-order valence-corrected chi connectivity index (χ1v) is 6.22. The third-order valence-corrected chi connectivity index (χ3v) is 2.97. The molecule has 2 rings (SSSR count). The highest BCUT2D eigenvalue weighted by Gasteiger charge is 2.27. The standard InChI is InChI=1S/C12H17N3O5/c1-2-6-3-7(15-20-6)12-13-4-8(14-12)10(18)11(19)9(17)5-16/h3-4,9-11,16-19H,2,5H2,1H3,(H,13,14)/t9-,10-,11-/m1/s1. The summed E-state index contributed by atoms with van der Waals surface area (Å²) in [6, 6.07) is 1.72. The summed E-state index contributed by atoms with van der Waals surface area (Å²) in [6.45, 7) is 1.27. The Labute approximate surface area is 114 Å². The molecule has 0 spiro atoms. The first kappa shape index (κ1) is 14.7. The first-order valence-electron chi connectivity index (χ1n) is 6.22. The van der Waals surface area contributed by atoms with E-state index in [1.165, 1.54) is 6.20 Å². The Morgan fingerprint density at radius 1 is 1.35 bits per heavy atom. The SMILES string of the molecule is CCc1cc(-c2ncc([C@@H](O)[C@H](O)[C@H](O)CO)[nH]2)no1. The van der Waals surface area contributed by atoms with Crippen LogP contribution in [-0.2, 0) is 6.42 Å². The molecule has 0 saturated heterocycles. The van der Waals surface area contributed by atoms with Crippen molar-refractivity contribution in [2.75, 3.05) is 6.61 Å². The summed E-state index contributed by atoms with van der Waals surface area (Å²) in [5.41, 5.74) is 0.693. The predicted molar refractivity (Wildman–Crippen MR) is 67.5 cm³/mol. The second kappa shape index (κ2) is 6.14. The van der Waals surface area contributed by atoms with Crippen molar-refractivity contribution in [1.29, 1.82) is 0 Å². The zero-order chi connectivity index (χ0) is 14.7. The molecule has 5 N–H and O–H groups in total. The second-order valence-electron chi connectivity index (χ2n) is 4.40. The Balaban J connectivity index is 2.16. The fourth-order valence-corrected chi connectivity index (χ4v) is 1.71. The molecule has 3 atom stereocenters. The van der Waals surface area contributed by atoms with Crippen molar-refractivity contribution in [2.24, 2.45) is 0 Å². The Morgan fingerprint density at radius 2 is 2.10 bits per heavy atom. The van der Waals surface area contributed by atoms with Gasteiger partial charge < -0.3 is 29.9 Å². The molecule has 0 unspecified atom stereocenters. The van der Waals surface area contributed by atoms with Crippen LogP contribution in [-0.4, -0.2) is 54.4 Å². The largest absolute Gasteiger partial charge is 0.394 e. The monoisotopic (exact) mass is 283 g/mol. The van der Waals surface area contributed by atoms with E-state index in [-0.39, 0.29) is 5.69 Å². The maximum Gasteiger partial charge on any atom is 0.159 e. The van der Waals surface area contributed by atoms with Gasteiger partial charge in [0, 0.05) is 12.5 Å². The van der Waals surface area contributed by atoms with Gasteiger partial charge in [-0.25, -0.2) is 4.98 Å². The van der Waals surface area contributed by atoms with Gasteiger partial charge in [-0.05, 0) is 0 Å². The van der Waals surface area contributed by atoms with E-state index in [9.17, 15) is 15.3 Å². The van der Waals surface area contributed by atoms with E-state index in [0.717, 1.165) is 0 Å². The molecule has 20 heavy (non-hydrogen) atoms. The third kappa shape index (κ3) is 2.88. The van der Waals surface area contributed by atoms with Crippen LogP contribution in [0.15, 0.2) is 16.8 Å². The smallest absolute Gasteiger partial charge is 0.159 e. The van der Waals surface area contributed by atoms with Gasteiger partial charge in [-0.1, -0.05) is 12.1 Å². The van der Waals surface area contributed by atoms with Crippen molar-refractivity contribution >= 4 is 0 Å². The first-order chi connectivity index (χ1) is 9.56. The lowest BCUT2D eigenvalue weighted by Crippen LogP contribution is -2.34. The molecule has 0 fully saturated rings. The average molecular weight is 283 g/mol. The van der Waals surface area contributed by atoms with Crippen molar-refractivity contribution in [3.05, 3.63) is 23.7 Å². The number of aliphatic hydroxyl groups is 4. The zero-order valence-corrected chi connectivity index (χ0v) is 10.9. The number of nitrogens with zero attached hydrogens (tertiary/aromatic N) is 2. The number of aromatic amines is 1. The van der Waals surface area contributed by atoms with E-state index >= 15 is 0 Å². The van der Waals surface area contributed by atoms with Gasteiger partial charge in [-0.2, -0.15) is 0 Å². The second-order valence-corrected chi connectivity index (χ2v) is 4.40. The normalized spacial score (nSPS) is 16.1. The van der Waals surface area contributed by atoms with Gasteiger partial charge in [-0.3, -0.25) is 0 Å². The van der Waals surface area contributed by atoms with Gasteiger partial charge >= 0.3 is 0 Å². The molecular formula is C12H17N3O5. The van der Waals surface area contributed by atoms with E-state index in [1.54, 1.807) is 6.07 Å². The van der Waals surface area contributed by atoms with Crippen LogP contribution in [0.3, 0.4) is 0 Å². The summed E-state index contributed by atoms with van der Waals surface area (Å²) in [5, 5.41) is 41.3. The maximum absolute atomic E-state index is 9.87. The van der Waals surface area contributed by atoms with Gasteiger partial charge in [0.05, 0.1) is 18.5 Å². The van der Waals surface area contributed by atoms with Gasteiger partial charge in [0.1, 0.15) is 29.8 Å². The molecule has 8 heteroatoms. The average Bonchev–Trinajstić information content (AvgIpc) is 3.12. The molecular weight excluding hydrogens is 266 g/mol. The van der Waals surface area contributed by atoms with Gasteiger partial charge in [0.25, 0.3) is 0 Å². The highest BCUT2D eigenvalue weighted by Crippen LogP contribution is 2.21. The van der Waals surface area contributed by atoms with Crippen molar-refractivity contribution in [1.82, 2.24) is 15.1 Å². The van der Waals surface area contributed by atoms with Crippen molar-refractivity contribution in [3.8, 4) is 11.5 Å². The summed E-state index contributed by atoms with van der Waals surface area (Å²) < 4.78 is 5.05. The molecule has 0 saturated carbocycles. The number of imidazole rings is 1. The van der Waals surface area contributed by atoms with Gasteiger partial charge in [0.15, 0.2) is 5.82 Å². The van der Waals surface area contributed by atoms with Crippen LogP contribution in [0.5, 0.6) is 0 Å². The molecule has 0 aliphatic rings. The van der Waals surface area contributed by atoms with Crippen molar-refractivity contribution in [3.63, 3.8) is 0 Å². The van der Waals surface area contributed by atoms with Crippen LogP contribution < -0.4 is 0 Å². The predicted octanol–water partition coefficient (Wildman–Crippen LogP) is -0.625. The molecule has 0 aliphatic carbocycles. The summed E-state index contributed by atoms with van der Waals surface area (Å²) in [4.78, 5) is 6.82. The van der Waals surface area contributed by atoms with E-state index in [0.29, 0.717) is 23.7 Å². The number of hydrogen-bond acceptors (Lipinski definition) is 7. The molecule has 0 bridgehead atoms. The van der Waals surface area contributed by atoms with Crippen LogP contribution >= 0.6 is 0 Å². The van der Waals surface area contributed by atoms with Crippen LogP contribution in [0.1, 0.15) is 24.5 Å². The fourth-order valence-electron chi connectivity index (χ4n) is 1.71. The molecule has 110 valence electrons. The summed E-state index contributed by atoms with van der Waals surface area (Å²) >= 11 is 0. The van der Waals surface area contributed by atoms with E-state index in [2.05, 4.69) is 15.1 Å². The Morgan fingerprint density at radius 3 is 2.70 bits per heavy atom. The molecule has 0 aliphatic heterocycles. The Kier molecular flexibility index (Phi) is 4.50. The maximum atomic E-state index is 9.87. The van der Waals surface area contributed by atoms with Crippen LogP contribution in [0.25, 0.3) is 11.5 Å². The number of rotatable bonds is 6. The number of aromatic nitrogens is 3. The minimum atomic E-state index is -1.52. The topological polar surface area (TPSA) is 136 Å². The van der Waals surface area contributed by atoms with Gasteiger partial charge in [-0.15, -0.1) is 0 Å². The van der Waals surface area contributed by atoms with E-state index < -0.39 is 24.9 Å². The van der Waals surface area contributed by atoms with Crippen LogP contribution in [0.2, 0.25) is 0 Å². The lowest BCUT2D eigenvalue weighted by atomic mass is 10.1. The van der Waals surface area contributed by atoms with Gasteiger partial charge in [0.2, 0.25) is 0 Å². The zero-order valence-electron chi connectivity index (χ0n) is 10.9. The fraction of sp³-hybridized carbons (Fsp3) is 0.500. The molecule has 2 aromatic rings. The molecule has 2 aromatic heterocycles. The van der Waals surface area contributed by atoms with E-state index in [1.807, 2.05) is 6.92 Å². The molecule has 0 aromatic carbocycles. The number of nitrogens with one attached hydrogen (secondary N) is 1. The Hall–Kier alpha value is -1.74. The highest BCUT2D eigenvalue weighted by molar-refractivity contribution is 5.49. The van der Waals surface area contributed by atoms with Crippen molar-refractivity contribution in [2.45, 2.75) is 31.7 Å². The lowest BCUT2D eigenvalue weighted by molar-refractivity contribution is -0.0788. The molecule has 0 amide bonds. The third-order valence-electron chi connectivity index (χ3n) is 2.97. The van der Waals surface area contributed by atoms with E-state index in [4.69, 9.17) is 9.63 Å². The number of H-pyrrole nitrogens is 1. The molecule has 0 radical (unpaired) electrons. The number of aryl methyl sites for hydroxylation is 1. The van der Waals surface area contributed by atoms with Crippen LogP contribution in [0, 0.1) is 0 Å². The number of hydrogen-bond donors (Lipinski definition) is 5. The quantitative estimate of drug-likeness (QED) is 0.476. The minimum Gasteiger partial charge on any atom is -0.394 e. The Bertz CT molecular complexity index is 553. The summed E-state index contributed by atoms with van der Waals surface area (Å²) in [6.07, 6.45) is -2.32. The minimum absolute atomic E-state index is 0.209. The lowest BCUT2D eigenvalue weighted by Gasteiger charge is -2.20. The summed E-state index contributed by atoms with van der Waals surface area (Å²) in [5.74, 6) is 1.09. The highest BCUT2D eigenvalue weighted by atomic mass is 16.5. The number of aliphatic hydroxyl groups excluding tert-OH is 4. The summed E-state index contributed by atoms with van der Waals surface area (Å²) in [7, 11) is 0. The molecule has 2 heterocycles.